The molecule has 98 valence electrons. The Morgan fingerprint density at radius 2 is 2.44 bits per heavy atom. The largest absolute Gasteiger partial charge is 0.465 e. The standard InChI is InChI=1S/C15H20O3/c1-3-5-6-11-7-8-15(14(17)18-4-2)10-12(16)9-13(11)15/h3,9,11H,1,4-8,10H2,2H3. The van der Waals surface area contributed by atoms with E-state index in [-0.39, 0.29) is 11.8 Å². The average molecular weight is 248 g/mol. The van der Waals surface area contributed by atoms with Gasteiger partial charge in [-0.25, -0.2) is 0 Å². The maximum atomic E-state index is 12.2. The molecular formula is C15H20O3. The fourth-order valence-corrected chi connectivity index (χ4v) is 3.26. The van der Waals surface area contributed by atoms with E-state index in [1.54, 1.807) is 13.0 Å². The number of ketones is 1. The normalized spacial score (nSPS) is 29.9. The van der Waals surface area contributed by atoms with Crippen molar-refractivity contribution in [1.82, 2.24) is 0 Å². The third kappa shape index (κ3) is 2.02. The SMILES string of the molecule is C=CCCC1CCC2(C(=O)OCC)CC(=O)C=C12. The smallest absolute Gasteiger partial charge is 0.316 e. The van der Waals surface area contributed by atoms with E-state index in [0.29, 0.717) is 18.9 Å². The number of ether oxygens (including phenoxy) is 1. The summed E-state index contributed by atoms with van der Waals surface area (Å²) in [5, 5.41) is 0. The van der Waals surface area contributed by atoms with Gasteiger partial charge in [0.2, 0.25) is 0 Å². The first-order valence-electron chi connectivity index (χ1n) is 6.67. The molecule has 0 aromatic heterocycles. The lowest BCUT2D eigenvalue weighted by molar-refractivity contribution is -0.153. The summed E-state index contributed by atoms with van der Waals surface area (Å²) in [4.78, 5) is 23.9. The van der Waals surface area contributed by atoms with Crippen molar-refractivity contribution in [3.05, 3.63) is 24.3 Å². The second-order valence-corrected chi connectivity index (χ2v) is 5.15. The fraction of sp³-hybridized carbons (Fsp3) is 0.600. The van der Waals surface area contributed by atoms with Crippen LogP contribution in [0.4, 0.5) is 0 Å². The molecule has 3 nitrogen and oxygen atoms in total. The van der Waals surface area contributed by atoms with Gasteiger partial charge in [0.1, 0.15) is 0 Å². The number of allylic oxidation sites excluding steroid dienone is 2. The molecular weight excluding hydrogens is 228 g/mol. The zero-order valence-electron chi connectivity index (χ0n) is 10.9. The van der Waals surface area contributed by atoms with Crippen LogP contribution < -0.4 is 0 Å². The van der Waals surface area contributed by atoms with Crippen LogP contribution in [0, 0.1) is 11.3 Å². The minimum Gasteiger partial charge on any atom is -0.465 e. The number of fused-ring (bicyclic) bond motifs is 1. The second-order valence-electron chi connectivity index (χ2n) is 5.15. The molecule has 0 aromatic carbocycles. The van der Waals surface area contributed by atoms with Crippen LogP contribution in [-0.4, -0.2) is 18.4 Å². The van der Waals surface area contributed by atoms with Crippen molar-refractivity contribution in [3.63, 3.8) is 0 Å². The lowest BCUT2D eigenvalue weighted by Gasteiger charge is -2.24. The highest BCUT2D eigenvalue weighted by molar-refractivity contribution is 6.01. The lowest BCUT2D eigenvalue weighted by atomic mass is 9.81. The van der Waals surface area contributed by atoms with Gasteiger partial charge in [-0.15, -0.1) is 6.58 Å². The Hall–Kier alpha value is -1.38. The fourth-order valence-electron chi connectivity index (χ4n) is 3.26. The van der Waals surface area contributed by atoms with Gasteiger partial charge in [0.05, 0.1) is 12.0 Å². The number of hydrogen-bond donors (Lipinski definition) is 0. The monoisotopic (exact) mass is 248 g/mol. The summed E-state index contributed by atoms with van der Waals surface area (Å²) in [5.74, 6) is 0.211. The highest BCUT2D eigenvalue weighted by Gasteiger charge is 2.54. The van der Waals surface area contributed by atoms with Crippen LogP contribution in [0.15, 0.2) is 24.3 Å². The quantitative estimate of drug-likeness (QED) is 0.555. The van der Waals surface area contributed by atoms with Gasteiger partial charge < -0.3 is 4.74 Å². The van der Waals surface area contributed by atoms with Gasteiger partial charge in [0, 0.05) is 6.42 Å². The molecule has 2 atom stereocenters. The Morgan fingerprint density at radius 3 is 3.11 bits per heavy atom. The Bertz CT molecular complexity index is 408. The molecule has 18 heavy (non-hydrogen) atoms. The molecule has 0 aliphatic heterocycles. The Labute approximate surface area is 108 Å². The number of carbonyl (C=O) groups excluding carboxylic acids is 2. The molecule has 2 aliphatic carbocycles. The van der Waals surface area contributed by atoms with Gasteiger partial charge in [-0.2, -0.15) is 0 Å². The Kier molecular flexibility index (Phi) is 3.69. The van der Waals surface area contributed by atoms with Crippen LogP contribution in [0.5, 0.6) is 0 Å². The van der Waals surface area contributed by atoms with Crippen molar-refractivity contribution in [1.29, 1.82) is 0 Å². The Morgan fingerprint density at radius 1 is 1.67 bits per heavy atom. The van der Waals surface area contributed by atoms with E-state index >= 15 is 0 Å². The first kappa shape index (κ1) is 13.1. The van der Waals surface area contributed by atoms with Crippen molar-refractivity contribution in [2.24, 2.45) is 11.3 Å². The van der Waals surface area contributed by atoms with Crippen LogP contribution in [0.1, 0.15) is 39.0 Å². The molecule has 1 fully saturated rings. The van der Waals surface area contributed by atoms with Crippen molar-refractivity contribution < 1.29 is 14.3 Å². The molecule has 2 unspecified atom stereocenters. The van der Waals surface area contributed by atoms with E-state index in [0.717, 1.165) is 31.3 Å². The summed E-state index contributed by atoms with van der Waals surface area (Å²) in [6.07, 6.45) is 7.53. The Balaban J connectivity index is 2.21. The number of rotatable bonds is 5. The van der Waals surface area contributed by atoms with Gasteiger partial charge in [-0.05, 0) is 50.2 Å². The molecule has 0 heterocycles. The first-order chi connectivity index (χ1) is 8.64. The van der Waals surface area contributed by atoms with Gasteiger partial charge in [-0.3, -0.25) is 9.59 Å². The van der Waals surface area contributed by atoms with E-state index in [9.17, 15) is 9.59 Å². The zero-order valence-corrected chi connectivity index (χ0v) is 10.9. The number of carbonyl (C=O) groups is 2. The predicted octanol–water partition coefficient (Wildman–Crippen LogP) is 2.81. The molecule has 0 spiro atoms. The molecule has 0 saturated heterocycles. The summed E-state index contributed by atoms with van der Waals surface area (Å²) in [6.45, 7) is 5.90. The van der Waals surface area contributed by atoms with Crippen molar-refractivity contribution in [2.45, 2.75) is 39.0 Å². The maximum Gasteiger partial charge on any atom is 0.316 e. The molecule has 0 aromatic rings. The topological polar surface area (TPSA) is 43.4 Å². The van der Waals surface area contributed by atoms with Gasteiger partial charge in [0.15, 0.2) is 5.78 Å². The predicted molar refractivity (Wildman–Crippen MR) is 68.9 cm³/mol. The molecule has 3 heteroatoms. The number of hydrogen-bond acceptors (Lipinski definition) is 3. The summed E-state index contributed by atoms with van der Waals surface area (Å²) in [7, 11) is 0. The molecule has 0 amide bonds. The lowest BCUT2D eigenvalue weighted by Crippen LogP contribution is -2.31. The van der Waals surface area contributed by atoms with Gasteiger partial charge >= 0.3 is 5.97 Å². The van der Waals surface area contributed by atoms with Crippen molar-refractivity contribution >= 4 is 11.8 Å². The molecule has 0 radical (unpaired) electrons. The van der Waals surface area contributed by atoms with Crippen molar-refractivity contribution in [2.75, 3.05) is 6.61 Å². The molecule has 1 saturated carbocycles. The third-order valence-electron chi connectivity index (χ3n) is 4.09. The van der Waals surface area contributed by atoms with E-state index in [1.807, 2.05) is 6.08 Å². The van der Waals surface area contributed by atoms with E-state index in [4.69, 9.17) is 4.74 Å². The third-order valence-corrected chi connectivity index (χ3v) is 4.09. The minimum atomic E-state index is -0.626. The molecule has 0 bridgehead atoms. The van der Waals surface area contributed by atoms with Gasteiger partial charge in [-0.1, -0.05) is 6.08 Å². The summed E-state index contributed by atoms with van der Waals surface area (Å²) in [6, 6.07) is 0. The highest BCUT2D eigenvalue weighted by atomic mass is 16.5. The van der Waals surface area contributed by atoms with E-state index in [1.165, 1.54) is 0 Å². The maximum absolute atomic E-state index is 12.2. The van der Waals surface area contributed by atoms with Gasteiger partial charge in [0.25, 0.3) is 0 Å². The number of esters is 1. The van der Waals surface area contributed by atoms with Crippen LogP contribution in [-0.2, 0) is 14.3 Å². The second kappa shape index (κ2) is 5.09. The minimum absolute atomic E-state index is 0.0707. The van der Waals surface area contributed by atoms with E-state index < -0.39 is 5.41 Å². The highest BCUT2D eigenvalue weighted by Crippen LogP contribution is 2.54. The molecule has 0 N–H and O–H groups in total. The van der Waals surface area contributed by atoms with E-state index in [2.05, 4.69) is 6.58 Å². The molecule has 2 aliphatic rings. The zero-order chi connectivity index (χ0) is 13.2. The average Bonchev–Trinajstić information content (AvgIpc) is 2.83. The van der Waals surface area contributed by atoms with Crippen LogP contribution >= 0.6 is 0 Å². The van der Waals surface area contributed by atoms with Crippen LogP contribution in [0.2, 0.25) is 0 Å². The van der Waals surface area contributed by atoms with Crippen LogP contribution in [0.3, 0.4) is 0 Å². The summed E-state index contributed by atoms with van der Waals surface area (Å²) < 4.78 is 5.18. The van der Waals surface area contributed by atoms with Crippen LogP contribution in [0.25, 0.3) is 0 Å². The first-order valence-corrected chi connectivity index (χ1v) is 6.67. The molecule has 2 rings (SSSR count). The summed E-state index contributed by atoms with van der Waals surface area (Å²) >= 11 is 0. The van der Waals surface area contributed by atoms with Crippen molar-refractivity contribution in [3.8, 4) is 0 Å². The summed E-state index contributed by atoms with van der Waals surface area (Å²) in [5.41, 5.74) is 0.395.